The van der Waals surface area contributed by atoms with Crippen LogP contribution in [0.3, 0.4) is 0 Å². The van der Waals surface area contributed by atoms with Gasteiger partial charge in [0.2, 0.25) is 0 Å². The topological polar surface area (TPSA) is 73.2 Å². The highest BCUT2D eigenvalue weighted by Crippen LogP contribution is 2.11. The molecule has 0 bridgehead atoms. The molecule has 6 nitrogen and oxygen atoms in total. The van der Waals surface area contributed by atoms with Crippen LogP contribution in [0, 0.1) is 25.7 Å². The van der Waals surface area contributed by atoms with E-state index in [2.05, 4.69) is 36.9 Å². The summed E-state index contributed by atoms with van der Waals surface area (Å²) in [7, 11) is 0. The summed E-state index contributed by atoms with van der Waals surface area (Å²) >= 11 is 0. The second-order valence-electron chi connectivity index (χ2n) is 5.77. The number of hydrogen-bond acceptors (Lipinski definition) is 6. The Morgan fingerprint density at radius 3 is 2.63 bits per heavy atom. The Morgan fingerprint density at radius 2 is 1.81 bits per heavy atom. The third-order valence-corrected chi connectivity index (χ3v) is 3.52. The van der Waals surface area contributed by atoms with Crippen LogP contribution in [0.5, 0.6) is 0 Å². The highest BCUT2D eigenvalue weighted by molar-refractivity contribution is 5.59. The molecule has 3 aromatic rings. The zero-order valence-corrected chi connectivity index (χ0v) is 15.3. The molecule has 6 heteroatoms. The third kappa shape index (κ3) is 5.72. The average Bonchev–Trinajstić information content (AvgIpc) is 2.67. The smallest absolute Gasteiger partial charge is 0.179 e. The first-order chi connectivity index (χ1) is 13.2. The van der Waals surface area contributed by atoms with Crippen LogP contribution in [0.25, 0.3) is 11.5 Å². The van der Waals surface area contributed by atoms with Gasteiger partial charge in [0, 0.05) is 35.9 Å². The minimum absolute atomic E-state index is 0.180. The summed E-state index contributed by atoms with van der Waals surface area (Å²) < 4.78 is 0. The highest BCUT2D eigenvalue weighted by atomic mass is 16.6. The number of aromatic nitrogens is 4. The van der Waals surface area contributed by atoms with Crippen LogP contribution in [0.15, 0.2) is 53.8 Å². The third-order valence-electron chi connectivity index (χ3n) is 3.52. The van der Waals surface area contributed by atoms with Gasteiger partial charge in [-0.2, -0.15) is 0 Å². The summed E-state index contributed by atoms with van der Waals surface area (Å²) in [4.78, 5) is 22.6. The molecule has 0 aromatic carbocycles. The molecule has 134 valence electrons. The maximum atomic E-state index is 5.15. The summed E-state index contributed by atoms with van der Waals surface area (Å²) in [6.45, 7) is 4.07. The quantitative estimate of drug-likeness (QED) is 0.304. The van der Waals surface area contributed by atoms with E-state index in [1.165, 1.54) is 0 Å². The van der Waals surface area contributed by atoms with Crippen molar-refractivity contribution in [3.8, 4) is 23.4 Å². The highest BCUT2D eigenvalue weighted by Gasteiger charge is 2.03. The van der Waals surface area contributed by atoms with Gasteiger partial charge in [-0.05, 0) is 50.1 Å². The Balaban J connectivity index is 1.52. The number of aryl methyl sites for hydroxylation is 2. The molecule has 0 spiro atoms. The Morgan fingerprint density at radius 1 is 1.00 bits per heavy atom. The second-order valence-corrected chi connectivity index (χ2v) is 5.77. The largest absolute Gasteiger partial charge is 0.383 e. The predicted molar refractivity (Wildman–Crippen MR) is 104 cm³/mol. The lowest BCUT2D eigenvalue weighted by Gasteiger charge is -2.00. The fourth-order valence-electron chi connectivity index (χ4n) is 2.31. The minimum Gasteiger partial charge on any atom is -0.383 e. The van der Waals surface area contributed by atoms with Gasteiger partial charge in [-0.1, -0.05) is 23.2 Å². The van der Waals surface area contributed by atoms with E-state index in [-0.39, 0.29) is 6.61 Å². The van der Waals surface area contributed by atoms with E-state index in [0.717, 1.165) is 22.8 Å². The Labute approximate surface area is 158 Å². The first kappa shape index (κ1) is 18.2. The standard InChI is InChI=1S/C21H19N5O/c1-16-6-3-8-18(24-16)12-14-23-27-15-5-9-19-11-13-22-21(26-19)20-10-4-7-17(2)25-20/h3-4,6-8,10-11,13-14H,12,15H2,1-2H3/b23-14+. The van der Waals surface area contributed by atoms with E-state index in [0.29, 0.717) is 17.9 Å². The summed E-state index contributed by atoms with van der Waals surface area (Å²) in [5.74, 6) is 6.38. The molecule has 0 atom stereocenters. The van der Waals surface area contributed by atoms with E-state index in [9.17, 15) is 0 Å². The van der Waals surface area contributed by atoms with E-state index in [4.69, 9.17) is 4.84 Å². The van der Waals surface area contributed by atoms with Crippen molar-refractivity contribution in [3.05, 3.63) is 71.4 Å². The number of nitrogens with zero attached hydrogens (tertiary/aromatic N) is 5. The molecule has 0 aliphatic carbocycles. The van der Waals surface area contributed by atoms with Crippen LogP contribution in [-0.2, 0) is 11.3 Å². The van der Waals surface area contributed by atoms with Crippen LogP contribution in [0.4, 0.5) is 0 Å². The monoisotopic (exact) mass is 357 g/mol. The zero-order valence-electron chi connectivity index (χ0n) is 15.3. The fourth-order valence-corrected chi connectivity index (χ4v) is 2.31. The first-order valence-corrected chi connectivity index (χ1v) is 8.53. The molecule has 3 rings (SSSR count). The van der Waals surface area contributed by atoms with Gasteiger partial charge < -0.3 is 4.84 Å². The summed E-state index contributed by atoms with van der Waals surface area (Å²) in [6, 6.07) is 13.4. The molecule has 0 radical (unpaired) electrons. The van der Waals surface area contributed by atoms with E-state index < -0.39 is 0 Å². The van der Waals surface area contributed by atoms with Crippen LogP contribution >= 0.6 is 0 Å². The summed E-state index contributed by atoms with van der Waals surface area (Å²) in [5.41, 5.74) is 4.19. The lowest BCUT2D eigenvalue weighted by molar-refractivity contribution is 0.181. The van der Waals surface area contributed by atoms with Gasteiger partial charge in [0.25, 0.3) is 0 Å². The molecular formula is C21H19N5O. The van der Waals surface area contributed by atoms with E-state index >= 15 is 0 Å². The van der Waals surface area contributed by atoms with Crippen molar-refractivity contribution in [2.45, 2.75) is 20.3 Å². The maximum absolute atomic E-state index is 5.15. The average molecular weight is 357 g/mol. The molecule has 0 unspecified atom stereocenters. The van der Waals surface area contributed by atoms with Gasteiger partial charge >= 0.3 is 0 Å². The lowest BCUT2D eigenvalue weighted by atomic mass is 10.2. The molecular weight excluding hydrogens is 338 g/mol. The normalized spacial score (nSPS) is 10.4. The Bertz CT molecular complexity index is 1000. The van der Waals surface area contributed by atoms with E-state index in [1.54, 1.807) is 18.5 Å². The Hall–Kier alpha value is -3.59. The molecule has 0 aliphatic rings. The van der Waals surface area contributed by atoms with Gasteiger partial charge in [0.05, 0.1) is 0 Å². The van der Waals surface area contributed by atoms with Crippen molar-refractivity contribution in [1.29, 1.82) is 0 Å². The molecule has 0 aliphatic heterocycles. The van der Waals surface area contributed by atoms with Crippen LogP contribution in [-0.4, -0.2) is 32.8 Å². The molecule has 3 aromatic heterocycles. The van der Waals surface area contributed by atoms with Gasteiger partial charge in [-0.15, -0.1) is 0 Å². The molecule has 0 N–H and O–H groups in total. The van der Waals surface area contributed by atoms with Crippen molar-refractivity contribution in [2.24, 2.45) is 5.16 Å². The van der Waals surface area contributed by atoms with Crippen LogP contribution in [0.2, 0.25) is 0 Å². The SMILES string of the molecule is Cc1cccc(C/C=N/OCC#Cc2ccnc(-c3cccc(C)n3)n2)n1. The Kier molecular flexibility index (Phi) is 6.21. The molecule has 0 saturated carbocycles. The minimum atomic E-state index is 0.180. The van der Waals surface area contributed by atoms with Crippen molar-refractivity contribution in [2.75, 3.05) is 6.61 Å². The van der Waals surface area contributed by atoms with Gasteiger partial charge in [0.1, 0.15) is 11.4 Å². The molecule has 0 amide bonds. The molecule has 0 fully saturated rings. The van der Waals surface area contributed by atoms with E-state index in [1.807, 2.05) is 50.2 Å². The van der Waals surface area contributed by atoms with Crippen molar-refractivity contribution in [1.82, 2.24) is 19.9 Å². The molecule has 27 heavy (non-hydrogen) atoms. The number of oxime groups is 1. The lowest BCUT2D eigenvalue weighted by Crippen LogP contribution is -1.95. The summed E-state index contributed by atoms with van der Waals surface area (Å²) in [6.07, 6.45) is 3.97. The van der Waals surface area contributed by atoms with Crippen molar-refractivity contribution >= 4 is 6.21 Å². The first-order valence-electron chi connectivity index (χ1n) is 8.53. The maximum Gasteiger partial charge on any atom is 0.179 e. The summed E-state index contributed by atoms with van der Waals surface area (Å²) in [5, 5.41) is 3.89. The fraction of sp³-hybridized carbons (Fsp3) is 0.190. The van der Waals surface area contributed by atoms with Crippen LogP contribution in [0.1, 0.15) is 22.8 Å². The predicted octanol–water partition coefficient (Wildman–Crippen LogP) is 3.15. The van der Waals surface area contributed by atoms with Gasteiger partial charge in [-0.25, -0.2) is 15.0 Å². The number of hydrogen-bond donors (Lipinski definition) is 0. The van der Waals surface area contributed by atoms with Gasteiger partial charge in [-0.3, -0.25) is 4.98 Å². The molecule has 3 heterocycles. The second kappa shape index (κ2) is 9.20. The number of rotatable bonds is 5. The van der Waals surface area contributed by atoms with Crippen molar-refractivity contribution < 1.29 is 4.84 Å². The number of pyridine rings is 2. The van der Waals surface area contributed by atoms with Crippen LogP contribution < -0.4 is 0 Å². The van der Waals surface area contributed by atoms with Crippen molar-refractivity contribution in [3.63, 3.8) is 0 Å². The molecule has 0 saturated heterocycles. The zero-order chi connectivity index (χ0) is 18.9. The van der Waals surface area contributed by atoms with Gasteiger partial charge in [0.15, 0.2) is 12.4 Å².